The Labute approximate surface area is 144 Å². The smallest absolute Gasteiger partial charge is 0.253 e. The fourth-order valence-corrected chi connectivity index (χ4v) is 3.00. The Bertz CT molecular complexity index is 821. The highest BCUT2D eigenvalue weighted by Crippen LogP contribution is 2.19. The minimum atomic E-state index is -0.592. The van der Waals surface area contributed by atoms with Crippen molar-refractivity contribution >= 4 is 28.9 Å². The maximum Gasteiger partial charge on any atom is 0.253 e. The number of rotatable bonds is 6. The van der Waals surface area contributed by atoms with E-state index in [1.165, 1.54) is 0 Å². The van der Waals surface area contributed by atoms with E-state index in [1.54, 1.807) is 11.0 Å². The number of benzene rings is 1. The minimum absolute atomic E-state index is 0.0195. The van der Waals surface area contributed by atoms with E-state index >= 15 is 0 Å². The molecule has 1 heterocycles. The number of carbonyl (C=O) groups excluding carboxylic acids is 1. The summed E-state index contributed by atoms with van der Waals surface area (Å²) in [5.74, 6) is -0.0578. The van der Waals surface area contributed by atoms with Crippen LogP contribution in [0.1, 0.15) is 18.4 Å². The normalized spacial score (nSPS) is 14.1. The molecule has 0 radical (unpaired) electrons. The lowest BCUT2D eigenvalue weighted by molar-refractivity contribution is -0.128. The summed E-state index contributed by atoms with van der Waals surface area (Å²) in [6.07, 6.45) is 2.02. The Morgan fingerprint density at radius 2 is 1.67 bits per heavy atom. The summed E-state index contributed by atoms with van der Waals surface area (Å²) < 4.78 is 0. The zero-order valence-electron chi connectivity index (χ0n) is 13.1. The molecule has 7 heteroatoms. The molecule has 0 spiro atoms. The molecule has 1 aliphatic heterocycles. The molecule has 24 heavy (non-hydrogen) atoms. The molecule has 2 aromatic carbocycles. The third kappa shape index (κ3) is 3.28. The quantitative estimate of drug-likeness (QED) is 0.776. The first-order valence-electron chi connectivity index (χ1n) is 7.90. The van der Waals surface area contributed by atoms with E-state index < -0.39 is 10.9 Å². The molecule has 0 aliphatic carbocycles. The van der Waals surface area contributed by atoms with Crippen LogP contribution in [0.4, 0.5) is 11.4 Å². The molecule has 1 saturated heterocycles. The molecule has 0 bridgehead atoms. The van der Waals surface area contributed by atoms with Crippen molar-refractivity contribution in [2.24, 2.45) is 0 Å². The van der Waals surface area contributed by atoms with Gasteiger partial charge < -0.3 is 15.5 Å². The van der Waals surface area contributed by atoms with Gasteiger partial charge in [-0.2, -0.15) is 0 Å². The van der Waals surface area contributed by atoms with Gasteiger partial charge >= 0.3 is 0 Å². The Morgan fingerprint density at radius 1 is 1.04 bits per heavy atom. The third-order valence-corrected chi connectivity index (χ3v) is 4.57. The molecule has 2 aromatic rings. The topological polar surface area (TPSA) is 78.5 Å². The van der Waals surface area contributed by atoms with Crippen LogP contribution in [-0.4, -0.2) is 30.4 Å². The highest BCUT2D eigenvalue weighted by Gasteiger charge is 2.23. The van der Waals surface area contributed by atoms with Gasteiger partial charge in [0.2, 0.25) is 5.91 Å². The molecule has 1 aliphatic rings. The standard InChI is InChI=1S/C17H18ClN3O3/c18-12-6-2-1-5-11(12)9-19-14-15(17(24)16(14)23)20-10-13(22)21-7-3-4-8-21/h1-2,5-6,19-20H,3-4,7-10H2. The third-order valence-electron chi connectivity index (χ3n) is 4.20. The minimum Gasteiger partial charge on any atom is -0.376 e. The van der Waals surface area contributed by atoms with E-state index in [2.05, 4.69) is 10.6 Å². The first-order chi connectivity index (χ1) is 11.6. The molecular weight excluding hydrogens is 330 g/mol. The summed E-state index contributed by atoms with van der Waals surface area (Å²) in [6, 6.07) is 7.26. The van der Waals surface area contributed by atoms with Crippen molar-refractivity contribution in [1.29, 1.82) is 0 Å². The average Bonchev–Trinajstić information content (AvgIpc) is 3.12. The van der Waals surface area contributed by atoms with Crippen LogP contribution in [0.5, 0.6) is 0 Å². The largest absolute Gasteiger partial charge is 0.376 e. The summed E-state index contributed by atoms with van der Waals surface area (Å²) in [4.78, 5) is 37.2. The SMILES string of the molecule is O=C(CNc1c(NCc2ccccc2Cl)c(=O)c1=O)N1CCCC1. The summed E-state index contributed by atoms with van der Waals surface area (Å²) in [5, 5.41) is 6.32. The summed E-state index contributed by atoms with van der Waals surface area (Å²) in [7, 11) is 0. The van der Waals surface area contributed by atoms with Crippen molar-refractivity contribution in [3.8, 4) is 0 Å². The Kier molecular flexibility index (Phi) is 4.85. The van der Waals surface area contributed by atoms with Crippen molar-refractivity contribution in [1.82, 2.24) is 4.90 Å². The van der Waals surface area contributed by atoms with Gasteiger partial charge in [-0.25, -0.2) is 0 Å². The second kappa shape index (κ2) is 7.05. The van der Waals surface area contributed by atoms with Gasteiger partial charge in [0.1, 0.15) is 11.4 Å². The van der Waals surface area contributed by atoms with Crippen molar-refractivity contribution in [2.75, 3.05) is 30.3 Å². The number of amides is 1. The number of hydrogen-bond donors (Lipinski definition) is 2. The Morgan fingerprint density at radius 3 is 2.33 bits per heavy atom. The van der Waals surface area contributed by atoms with E-state index in [4.69, 9.17) is 11.6 Å². The van der Waals surface area contributed by atoms with Crippen LogP contribution < -0.4 is 21.5 Å². The highest BCUT2D eigenvalue weighted by atomic mass is 35.5. The van der Waals surface area contributed by atoms with Crippen LogP contribution in [0, 0.1) is 0 Å². The van der Waals surface area contributed by atoms with E-state index in [9.17, 15) is 14.4 Å². The maximum absolute atomic E-state index is 12.0. The van der Waals surface area contributed by atoms with Crippen LogP contribution in [-0.2, 0) is 11.3 Å². The number of nitrogens with one attached hydrogen (secondary N) is 2. The Balaban J connectivity index is 1.62. The molecule has 6 nitrogen and oxygen atoms in total. The average molecular weight is 348 g/mol. The fourth-order valence-electron chi connectivity index (χ4n) is 2.80. The van der Waals surface area contributed by atoms with Crippen LogP contribution in [0.2, 0.25) is 5.02 Å². The first kappa shape index (κ1) is 16.5. The molecule has 0 atom stereocenters. The molecule has 1 fully saturated rings. The van der Waals surface area contributed by atoms with E-state index in [0.29, 0.717) is 11.6 Å². The predicted octanol–water partition coefficient (Wildman–Crippen LogP) is 1.58. The van der Waals surface area contributed by atoms with E-state index in [0.717, 1.165) is 31.5 Å². The van der Waals surface area contributed by atoms with Gasteiger partial charge in [-0.3, -0.25) is 14.4 Å². The molecule has 126 valence electrons. The van der Waals surface area contributed by atoms with E-state index in [-0.39, 0.29) is 23.8 Å². The molecule has 0 aromatic heterocycles. The summed E-state index contributed by atoms with van der Waals surface area (Å²) >= 11 is 6.07. The summed E-state index contributed by atoms with van der Waals surface area (Å²) in [5.41, 5.74) is 0.0594. The number of halogens is 1. The number of likely N-dealkylation sites (tertiary alicyclic amines) is 1. The number of hydrogen-bond acceptors (Lipinski definition) is 5. The number of nitrogens with zero attached hydrogens (tertiary/aromatic N) is 1. The molecule has 3 rings (SSSR count). The van der Waals surface area contributed by atoms with Crippen LogP contribution >= 0.6 is 11.6 Å². The molecule has 1 amide bonds. The van der Waals surface area contributed by atoms with Gasteiger partial charge in [0, 0.05) is 24.7 Å². The van der Waals surface area contributed by atoms with E-state index in [1.807, 2.05) is 18.2 Å². The van der Waals surface area contributed by atoms with Crippen molar-refractivity contribution < 1.29 is 4.79 Å². The zero-order chi connectivity index (χ0) is 17.1. The molecule has 0 unspecified atom stereocenters. The van der Waals surface area contributed by atoms with Crippen LogP contribution in [0.15, 0.2) is 33.9 Å². The first-order valence-corrected chi connectivity index (χ1v) is 8.28. The van der Waals surface area contributed by atoms with Gasteiger partial charge in [-0.15, -0.1) is 0 Å². The lowest BCUT2D eigenvalue weighted by Crippen LogP contribution is -2.40. The van der Waals surface area contributed by atoms with Crippen molar-refractivity contribution in [3.05, 3.63) is 55.3 Å². The van der Waals surface area contributed by atoms with Crippen molar-refractivity contribution in [2.45, 2.75) is 19.4 Å². The lowest BCUT2D eigenvalue weighted by Gasteiger charge is -2.18. The molecule has 2 N–H and O–H groups in total. The molecule has 0 saturated carbocycles. The van der Waals surface area contributed by atoms with Crippen molar-refractivity contribution in [3.63, 3.8) is 0 Å². The highest BCUT2D eigenvalue weighted by molar-refractivity contribution is 6.31. The van der Waals surface area contributed by atoms with Gasteiger partial charge in [0.15, 0.2) is 0 Å². The number of carbonyl (C=O) groups is 1. The predicted molar refractivity (Wildman–Crippen MR) is 94.4 cm³/mol. The van der Waals surface area contributed by atoms with Gasteiger partial charge in [0.25, 0.3) is 10.9 Å². The Hall–Kier alpha value is -2.34. The van der Waals surface area contributed by atoms with Crippen LogP contribution in [0.25, 0.3) is 0 Å². The fraction of sp³-hybridized carbons (Fsp3) is 0.353. The van der Waals surface area contributed by atoms with Gasteiger partial charge in [-0.05, 0) is 24.5 Å². The summed E-state index contributed by atoms with van der Waals surface area (Å²) in [6.45, 7) is 1.86. The lowest BCUT2D eigenvalue weighted by atomic mass is 10.1. The van der Waals surface area contributed by atoms with Gasteiger partial charge in [-0.1, -0.05) is 29.8 Å². The van der Waals surface area contributed by atoms with Gasteiger partial charge in [0.05, 0.1) is 6.54 Å². The van der Waals surface area contributed by atoms with Crippen LogP contribution in [0.3, 0.4) is 0 Å². The second-order valence-corrected chi connectivity index (χ2v) is 6.20. The number of anilines is 2. The zero-order valence-corrected chi connectivity index (χ0v) is 13.9. The maximum atomic E-state index is 12.0. The monoisotopic (exact) mass is 347 g/mol. The second-order valence-electron chi connectivity index (χ2n) is 5.79. The molecular formula is C17H18ClN3O3.